The predicted octanol–water partition coefficient (Wildman–Crippen LogP) is 2.11. The summed E-state index contributed by atoms with van der Waals surface area (Å²) in [5.74, 6) is -0.380. The summed E-state index contributed by atoms with van der Waals surface area (Å²) in [4.78, 5) is 23.0. The molecule has 1 rings (SSSR count). The van der Waals surface area contributed by atoms with Gasteiger partial charge in [0, 0.05) is 24.7 Å². The molecular weight excluding hydrogens is 284 g/mol. The Morgan fingerprint density at radius 2 is 2.09 bits per heavy atom. The molecule has 22 heavy (non-hydrogen) atoms. The van der Waals surface area contributed by atoms with Crippen LogP contribution >= 0.6 is 0 Å². The van der Waals surface area contributed by atoms with Gasteiger partial charge in [-0.3, -0.25) is 9.59 Å². The molecule has 0 aliphatic carbocycles. The van der Waals surface area contributed by atoms with Gasteiger partial charge >= 0.3 is 5.97 Å². The zero-order valence-corrected chi connectivity index (χ0v) is 13.3. The van der Waals surface area contributed by atoms with Crippen LogP contribution in [-0.4, -0.2) is 36.7 Å². The highest BCUT2D eigenvalue weighted by Gasteiger charge is 2.22. The second kappa shape index (κ2) is 9.04. The van der Waals surface area contributed by atoms with Gasteiger partial charge in [0.25, 0.3) is 0 Å². The van der Waals surface area contributed by atoms with Crippen LogP contribution in [0.15, 0.2) is 24.3 Å². The third-order valence-electron chi connectivity index (χ3n) is 3.55. The van der Waals surface area contributed by atoms with E-state index in [1.54, 1.807) is 31.4 Å². The van der Waals surface area contributed by atoms with E-state index in [2.05, 4.69) is 10.6 Å². The Morgan fingerprint density at radius 1 is 1.36 bits per heavy atom. The number of benzene rings is 1. The highest BCUT2D eigenvalue weighted by Crippen LogP contribution is 2.16. The molecule has 0 bridgehead atoms. The van der Waals surface area contributed by atoms with Crippen LogP contribution in [0, 0.1) is 5.92 Å². The van der Waals surface area contributed by atoms with Crippen molar-refractivity contribution in [3.05, 3.63) is 24.3 Å². The van der Waals surface area contributed by atoms with Crippen molar-refractivity contribution in [2.24, 2.45) is 5.92 Å². The molecule has 1 amide bonds. The van der Waals surface area contributed by atoms with Gasteiger partial charge in [-0.25, -0.2) is 0 Å². The maximum absolute atomic E-state index is 11.9. The molecular formula is C16H24N2O4. The van der Waals surface area contributed by atoms with Crippen molar-refractivity contribution in [2.45, 2.75) is 32.7 Å². The number of nitrogens with one attached hydrogen (secondary N) is 2. The van der Waals surface area contributed by atoms with E-state index >= 15 is 0 Å². The quantitative estimate of drug-likeness (QED) is 0.650. The zero-order valence-electron chi connectivity index (χ0n) is 13.3. The maximum Gasteiger partial charge on any atom is 0.320 e. The molecule has 0 fully saturated rings. The van der Waals surface area contributed by atoms with Crippen molar-refractivity contribution < 1.29 is 19.4 Å². The number of carboxylic acid groups (broad SMARTS) is 1. The molecule has 2 atom stereocenters. The van der Waals surface area contributed by atoms with Crippen molar-refractivity contribution in [2.75, 3.05) is 19.0 Å². The molecule has 3 N–H and O–H groups in total. The van der Waals surface area contributed by atoms with Gasteiger partial charge in [-0.2, -0.15) is 0 Å². The Hall–Kier alpha value is -2.08. The summed E-state index contributed by atoms with van der Waals surface area (Å²) in [5.41, 5.74) is 0.654. The largest absolute Gasteiger partial charge is 0.497 e. The smallest absolute Gasteiger partial charge is 0.320 e. The standard InChI is InChI=1S/C16H24N2O4/c1-4-11(2)15(16(20)21)17-9-8-14(19)18-12-6-5-7-13(10-12)22-3/h5-7,10-11,15,17H,4,8-9H2,1-3H3,(H,18,19)(H,20,21)/t11-,15-/m0/s1. The fourth-order valence-corrected chi connectivity index (χ4v) is 2.03. The molecule has 1 aromatic rings. The number of aliphatic carboxylic acids is 1. The summed E-state index contributed by atoms with van der Waals surface area (Å²) < 4.78 is 5.09. The van der Waals surface area contributed by atoms with E-state index in [0.717, 1.165) is 6.42 Å². The van der Waals surface area contributed by atoms with Crippen LogP contribution in [0.1, 0.15) is 26.7 Å². The number of hydrogen-bond donors (Lipinski definition) is 3. The molecule has 122 valence electrons. The molecule has 6 nitrogen and oxygen atoms in total. The molecule has 0 saturated carbocycles. The lowest BCUT2D eigenvalue weighted by atomic mass is 9.99. The van der Waals surface area contributed by atoms with Gasteiger partial charge < -0.3 is 20.5 Å². The van der Waals surface area contributed by atoms with Gasteiger partial charge in [0.05, 0.1) is 7.11 Å². The molecule has 0 aliphatic heterocycles. The van der Waals surface area contributed by atoms with Gasteiger partial charge in [0.1, 0.15) is 11.8 Å². The first-order valence-corrected chi connectivity index (χ1v) is 7.38. The first-order chi connectivity index (χ1) is 10.5. The lowest BCUT2D eigenvalue weighted by Crippen LogP contribution is -2.42. The molecule has 0 aliphatic rings. The number of ether oxygens (including phenoxy) is 1. The Balaban J connectivity index is 2.43. The lowest BCUT2D eigenvalue weighted by Gasteiger charge is -2.20. The minimum absolute atomic E-state index is 0.0129. The Kier molecular flexibility index (Phi) is 7.39. The average molecular weight is 308 g/mol. The van der Waals surface area contributed by atoms with E-state index in [0.29, 0.717) is 18.0 Å². The van der Waals surface area contributed by atoms with Crippen molar-refractivity contribution in [1.82, 2.24) is 5.32 Å². The lowest BCUT2D eigenvalue weighted by molar-refractivity contribution is -0.141. The fraction of sp³-hybridized carbons (Fsp3) is 0.500. The van der Waals surface area contributed by atoms with Crippen LogP contribution in [0.25, 0.3) is 0 Å². The minimum atomic E-state index is -0.887. The normalized spacial score (nSPS) is 13.2. The average Bonchev–Trinajstić information content (AvgIpc) is 2.50. The monoisotopic (exact) mass is 308 g/mol. The molecule has 0 spiro atoms. The summed E-state index contributed by atoms with van der Waals surface area (Å²) in [7, 11) is 1.56. The highest BCUT2D eigenvalue weighted by molar-refractivity contribution is 5.91. The van der Waals surface area contributed by atoms with E-state index in [1.807, 2.05) is 13.8 Å². The number of methoxy groups -OCH3 is 1. The SMILES string of the molecule is CC[C@H](C)[C@H](NCCC(=O)Nc1cccc(OC)c1)C(=O)O. The molecule has 0 aromatic heterocycles. The first kappa shape index (κ1) is 18.0. The minimum Gasteiger partial charge on any atom is -0.497 e. The number of carbonyl (C=O) groups excluding carboxylic acids is 1. The number of hydrogen-bond acceptors (Lipinski definition) is 4. The summed E-state index contributed by atoms with van der Waals surface area (Å²) in [5, 5.41) is 14.8. The Morgan fingerprint density at radius 3 is 2.68 bits per heavy atom. The van der Waals surface area contributed by atoms with E-state index < -0.39 is 12.0 Å². The molecule has 0 unspecified atom stereocenters. The molecule has 0 heterocycles. The number of rotatable bonds is 9. The number of anilines is 1. The summed E-state index contributed by atoms with van der Waals surface area (Å²) in [6.07, 6.45) is 0.970. The second-order valence-corrected chi connectivity index (χ2v) is 5.19. The van der Waals surface area contributed by atoms with Crippen LogP contribution in [0.5, 0.6) is 5.75 Å². The Labute approximate surface area is 130 Å². The summed E-state index contributed by atoms with van der Waals surface area (Å²) in [6, 6.07) is 6.45. The predicted molar refractivity (Wildman–Crippen MR) is 85.1 cm³/mol. The van der Waals surface area contributed by atoms with Crippen LogP contribution in [0.2, 0.25) is 0 Å². The van der Waals surface area contributed by atoms with E-state index in [4.69, 9.17) is 9.84 Å². The third kappa shape index (κ3) is 5.73. The van der Waals surface area contributed by atoms with E-state index in [9.17, 15) is 9.59 Å². The second-order valence-electron chi connectivity index (χ2n) is 5.19. The number of carboxylic acids is 1. The van der Waals surface area contributed by atoms with Gasteiger partial charge in [-0.1, -0.05) is 26.3 Å². The van der Waals surface area contributed by atoms with Crippen LogP contribution < -0.4 is 15.4 Å². The topological polar surface area (TPSA) is 87.7 Å². The molecule has 0 radical (unpaired) electrons. The van der Waals surface area contributed by atoms with E-state index in [1.165, 1.54) is 0 Å². The molecule has 0 saturated heterocycles. The molecule has 6 heteroatoms. The van der Waals surface area contributed by atoms with Crippen LogP contribution in [-0.2, 0) is 9.59 Å². The van der Waals surface area contributed by atoms with Gasteiger partial charge in [0.2, 0.25) is 5.91 Å². The van der Waals surface area contributed by atoms with Crippen molar-refractivity contribution in [3.8, 4) is 5.75 Å². The van der Waals surface area contributed by atoms with Crippen molar-refractivity contribution in [3.63, 3.8) is 0 Å². The first-order valence-electron chi connectivity index (χ1n) is 7.38. The Bertz CT molecular complexity index is 505. The van der Waals surface area contributed by atoms with Crippen molar-refractivity contribution >= 4 is 17.6 Å². The van der Waals surface area contributed by atoms with Crippen molar-refractivity contribution in [1.29, 1.82) is 0 Å². The highest BCUT2D eigenvalue weighted by atomic mass is 16.5. The zero-order chi connectivity index (χ0) is 16.5. The fourth-order valence-electron chi connectivity index (χ4n) is 2.03. The molecule has 1 aromatic carbocycles. The maximum atomic E-state index is 11.9. The van der Waals surface area contributed by atoms with Gasteiger partial charge in [-0.05, 0) is 18.1 Å². The third-order valence-corrected chi connectivity index (χ3v) is 3.55. The van der Waals surface area contributed by atoms with Crippen LogP contribution in [0.4, 0.5) is 5.69 Å². The van der Waals surface area contributed by atoms with E-state index in [-0.39, 0.29) is 18.2 Å². The number of amides is 1. The summed E-state index contributed by atoms with van der Waals surface area (Å²) in [6.45, 7) is 4.14. The van der Waals surface area contributed by atoms with Gasteiger partial charge in [0.15, 0.2) is 0 Å². The summed E-state index contributed by atoms with van der Waals surface area (Å²) >= 11 is 0. The number of carbonyl (C=O) groups is 2. The van der Waals surface area contributed by atoms with Gasteiger partial charge in [-0.15, -0.1) is 0 Å². The van der Waals surface area contributed by atoms with Crippen LogP contribution in [0.3, 0.4) is 0 Å².